The SMILES string of the molecule is CC1CCN(Cc2csc(NC(=O)c3cc([N+](=O)[O-])ccc3Cl)n2)CC1. The van der Waals surface area contributed by atoms with Crippen LogP contribution < -0.4 is 5.32 Å². The number of thiazole rings is 1. The van der Waals surface area contributed by atoms with Crippen LogP contribution in [0.2, 0.25) is 5.02 Å². The number of piperidine rings is 1. The second-order valence-electron chi connectivity index (χ2n) is 6.48. The van der Waals surface area contributed by atoms with E-state index < -0.39 is 10.8 Å². The summed E-state index contributed by atoms with van der Waals surface area (Å²) in [5, 5.41) is 16.1. The Morgan fingerprint density at radius 3 is 2.88 bits per heavy atom. The molecule has 2 aromatic rings. The maximum absolute atomic E-state index is 12.4. The third-order valence-corrected chi connectivity index (χ3v) is 5.58. The molecule has 1 amide bonds. The Labute approximate surface area is 160 Å². The number of likely N-dealkylation sites (tertiary alicyclic amines) is 1. The van der Waals surface area contributed by atoms with Crippen LogP contribution in [-0.2, 0) is 6.54 Å². The number of nitrogens with zero attached hydrogens (tertiary/aromatic N) is 3. The summed E-state index contributed by atoms with van der Waals surface area (Å²) in [5.41, 5.74) is 0.784. The lowest BCUT2D eigenvalue weighted by atomic mass is 9.99. The van der Waals surface area contributed by atoms with Crippen molar-refractivity contribution in [3.05, 3.63) is 50.0 Å². The first-order valence-corrected chi connectivity index (χ1v) is 9.60. The minimum atomic E-state index is -0.561. The van der Waals surface area contributed by atoms with Gasteiger partial charge < -0.3 is 0 Å². The Balaban J connectivity index is 1.64. The highest BCUT2D eigenvalue weighted by atomic mass is 35.5. The second-order valence-corrected chi connectivity index (χ2v) is 7.74. The van der Waals surface area contributed by atoms with Crippen molar-refractivity contribution in [2.75, 3.05) is 18.4 Å². The molecule has 1 N–H and O–H groups in total. The van der Waals surface area contributed by atoms with Crippen molar-refractivity contribution in [2.45, 2.75) is 26.3 Å². The Hall–Kier alpha value is -2.03. The number of anilines is 1. The molecule has 0 radical (unpaired) electrons. The Kier molecular flexibility index (Phi) is 5.85. The van der Waals surface area contributed by atoms with Gasteiger partial charge in [0.15, 0.2) is 5.13 Å². The summed E-state index contributed by atoms with van der Waals surface area (Å²) in [6, 6.07) is 3.78. The molecular formula is C17H19ClN4O3S. The van der Waals surface area contributed by atoms with Gasteiger partial charge in [0.1, 0.15) is 0 Å². The number of carbonyl (C=O) groups is 1. The largest absolute Gasteiger partial charge is 0.298 e. The molecule has 0 bridgehead atoms. The molecule has 0 aliphatic carbocycles. The van der Waals surface area contributed by atoms with Crippen LogP contribution in [0.1, 0.15) is 35.8 Å². The second kappa shape index (κ2) is 8.11. The number of hydrogen-bond donors (Lipinski definition) is 1. The lowest BCUT2D eigenvalue weighted by Gasteiger charge is -2.29. The number of hydrogen-bond acceptors (Lipinski definition) is 6. The summed E-state index contributed by atoms with van der Waals surface area (Å²) in [7, 11) is 0. The van der Waals surface area contributed by atoms with E-state index in [9.17, 15) is 14.9 Å². The number of rotatable bonds is 5. The van der Waals surface area contributed by atoms with E-state index in [0.717, 1.165) is 31.2 Å². The molecule has 1 aromatic carbocycles. The van der Waals surface area contributed by atoms with E-state index >= 15 is 0 Å². The number of non-ortho nitro benzene ring substituents is 1. The fourth-order valence-corrected chi connectivity index (χ4v) is 3.75. The van der Waals surface area contributed by atoms with Gasteiger partial charge in [0.05, 0.1) is 21.2 Å². The summed E-state index contributed by atoms with van der Waals surface area (Å²) in [4.78, 5) is 29.5. The fourth-order valence-electron chi connectivity index (χ4n) is 2.85. The zero-order valence-corrected chi connectivity index (χ0v) is 15.8. The standard InChI is InChI=1S/C17H19ClN4O3S/c1-11-4-6-21(7-5-11)9-12-10-26-17(19-12)20-16(23)14-8-13(22(24)25)2-3-15(14)18/h2-3,8,10-11H,4-7,9H2,1H3,(H,19,20,23). The average molecular weight is 395 g/mol. The van der Waals surface area contributed by atoms with Crippen LogP contribution in [-0.4, -0.2) is 33.8 Å². The third-order valence-electron chi connectivity index (χ3n) is 4.44. The molecule has 0 spiro atoms. The van der Waals surface area contributed by atoms with Gasteiger partial charge in [-0.2, -0.15) is 0 Å². The maximum atomic E-state index is 12.4. The van der Waals surface area contributed by atoms with Crippen molar-refractivity contribution in [1.82, 2.24) is 9.88 Å². The molecule has 7 nitrogen and oxygen atoms in total. The molecule has 0 atom stereocenters. The van der Waals surface area contributed by atoms with Crippen LogP contribution in [0, 0.1) is 16.0 Å². The molecule has 0 saturated carbocycles. The summed E-state index contributed by atoms with van der Waals surface area (Å²) in [6.45, 7) is 5.15. The van der Waals surface area contributed by atoms with E-state index in [1.807, 2.05) is 5.38 Å². The molecular weight excluding hydrogens is 376 g/mol. The van der Waals surface area contributed by atoms with Crippen molar-refractivity contribution < 1.29 is 9.72 Å². The van der Waals surface area contributed by atoms with Gasteiger partial charge in [-0.3, -0.25) is 25.1 Å². The molecule has 0 unspecified atom stereocenters. The number of amides is 1. The topological polar surface area (TPSA) is 88.4 Å². The lowest BCUT2D eigenvalue weighted by Crippen LogP contribution is -2.32. The predicted octanol–water partition coefficient (Wildman–Crippen LogP) is 4.19. The van der Waals surface area contributed by atoms with E-state index in [2.05, 4.69) is 22.1 Å². The van der Waals surface area contributed by atoms with Crippen molar-refractivity contribution in [1.29, 1.82) is 0 Å². The van der Waals surface area contributed by atoms with Crippen molar-refractivity contribution >= 4 is 39.7 Å². The minimum absolute atomic E-state index is 0.0580. The quantitative estimate of drug-likeness (QED) is 0.606. The number of nitrogens with one attached hydrogen (secondary N) is 1. The fraction of sp³-hybridized carbons (Fsp3) is 0.412. The number of carbonyl (C=O) groups excluding carboxylic acids is 1. The monoisotopic (exact) mass is 394 g/mol. The highest BCUT2D eigenvalue weighted by molar-refractivity contribution is 7.14. The summed E-state index contributed by atoms with van der Waals surface area (Å²) < 4.78 is 0. The van der Waals surface area contributed by atoms with E-state index in [-0.39, 0.29) is 16.3 Å². The number of nitro groups is 1. The van der Waals surface area contributed by atoms with Crippen molar-refractivity contribution in [3.63, 3.8) is 0 Å². The Morgan fingerprint density at radius 2 is 2.19 bits per heavy atom. The third kappa shape index (κ3) is 4.57. The highest BCUT2D eigenvalue weighted by Crippen LogP contribution is 2.25. The molecule has 9 heteroatoms. The Morgan fingerprint density at radius 1 is 1.46 bits per heavy atom. The van der Waals surface area contributed by atoms with Gasteiger partial charge in [0.2, 0.25) is 0 Å². The van der Waals surface area contributed by atoms with Crippen LogP contribution in [0.4, 0.5) is 10.8 Å². The predicted molar refractivity (Wildman–Crippen MR) is 102 cm³/mol. The first-order valence-electron chi connectivity index (χ1n) is 8.34. The first kappa shape index (κ1) is 18.8. The van der Waals surface area contributed by atoms with Gasteiger partial charge in [-0.25, -0.2) is 4.98 Å². The van der Waals surface area contributed by atoms with E-state index in [4.69, 9.17) is 11.6 Å². The normalized spacial score (nSPS) is 15.8. The number of halogens is 1. The summed E-state index contributed by atoms with van der Waals surface area (Å²) >= 11 is 7.33. The zero-order chi connectivity index (χ0) is 18.7. The molecule has 1 aromatic heterocycles. The van der Waals surface area contributed by atoms with Crippen LogP contribution in [0.3, 0.4) is 0 Å². The minimum Gasteiger partial charge on any atom is -0.298 e. The van der Waals surface area contributed by atoms with E-state index in [1.54, 1.807) is 0 Å². The number of aromatic nitrogens is 1. The molecule has 1 saturated heterocycles. The van der Waals surface area contributed by atoms with Crippen molar-refractivity contribution in [2.24, 2.45) is 5.92 Å². The van der Waals surface area contributed by atoms with Crippen molar-refractivity contribution in [3.8, 4) is 0 Å². The van der Waals surface area contributed by atoms with Gasteiger partial charge in [-0.1, -0.05) is 18.5 Å². The van der Waals surface area contributed by atoms with Crippen LogP contribution in [0.15, 0.2) is 23.6 Å². The average Bonchev–Trinajstić information content (AvgIpc) is 3.04. The smallest absolute Gasteiger partial charge is 0.270 e. The Bertz CT molecular complexity index is 818. The molecule has 26 heavy (non-hydrogen) atoms. The van der Waals surface area contributed by atoms with Gasteiger partial charge >= 0.3 is 0 Å². The molecule has 3 rings (SSSR count). The molecule has 138 valence electrons. The molecule has 1 aliphatic rings. The van der Waals surface area contributed by atoms with Crippen LogP contribution in [0.5, 0.6) is 0 Å². The first-order chi connectivity index (χ1) is 12.4. The number of nitro benzene ring substituents is 1. The van der Waals surface area contributed by atoms with E-state index in [0.29, 0.717) is 5.13 Å². The van der Waals surface area contributed by atoms with Crippen LogP contribution in [0.25, 0.3) is 0 Å². The van der Waals surface area contributed by atoms with Gasteiger partial charge in [0, 0.05) is 24.1 Å². The number of benzene rings is 1. The van der Waals surface area contributed by atoms with E-state index in [1.165, 1.54) is 42.4 Å². The lowest BCUT2D eigenvalue weighted by molar-refractivity contribution is -0.384. The molecule has 1 aliphatic heterocycles. The summed E-state index contributed by atoms with van der Waals surface area (Å²) in [6.07, 6.45) is 2.39. The maximum Gasteiger partial charge on any atom is 0.270 e. The highest BCUT2D eigenvalue weighted by Gasteiger charge is 2.19. The van der Waals surface area contributed by atoms with Gasteiger partial charge in [0.25, 0.3) is 11.6 Å². The molecule has 1 fully saturated rings. The van der Waals surface area contributed by atoms with Gasteiger partial charge in [-0.05, 0) is 37.9 Å². The molecule has 2 heterocycles. The van der Waals surface area contributed by atoms with Gasteiger partial charge in [-0.15, -0.1) is 11.3 Å². The van der Waals surface area contributed by atoms with Crippen LogP contribution >= 0.6 is 22.9 Å². The zero-order valence-electron chi connectivity index (χ0n) is 14.3. The summed E-state index contributed by atoms with van der Waals surface area (Å²) in [5.74, 6) is 0.266.